The maximum absolute atomic E-state index is 10.1. The van der Waals surface area contributed by atoms with Crippen molar-refractivity contribution in [2.24, 2.45) is 0 Å². The van der Waals surface area contributed by atoms with Crippen LogP contribution in [-0.2, 0) is 0 Å². The number of carbonyl (C=O) groups excluding carboxylic acids is 1. The third-order valence-corrected chi connectivity index (χ3v) is 1.18. The van der Waals surface area contributed by atoms with E-state index < -0.39 is 6.10 Å². The molecule has 1 aromatic rings. The van der Waals surface area contributed by atoms with Gasteiger partial charge in [-0.25, -0.2) is 0 Å². The first-order valence-electron chi connectivity index (χ1n) is 2.97. The van der Waals surface area contributed by atoms with Gasteiger partial charge in [-0.1, -0.05) is 0 Å². The highest BCUT2D eigenvalue weighted by molar-refractivity contribution is 5.70. The summed E-state index contributed by atoms with van der Waals surface area (Å²) in [7, 11) is 0. The van der Waals surface area contributed by atoms with Gasteiger partial charge >= 0.3 is 0 Å². The second-order valence-corrected chi connectivity index (χ2v) is 2.03. The molecule has 0 bridgehead atoms. The normalized spacial score (nSPS) is 13.0. The standard InChI is InChI=1S/C7H8O3/c1-5(9)7-3-2-6(4-8)10-7/h2-5,9H,1H3. The molecular formula is C7H8O3. The molecule has 0 aliphatic heterocycles. The average molecular weight is 140 g/mol. The molecule has 1 aromatic heterocycles. The predicted molar refractivity (Wildman–Crippen MR) is 34.7 cm³/mol. The van der Waals surface area contributed by atoms with E-state index in [1.165, 1.54) is 6.07 Å². The van der Waals surface area contributed by atoms with Gasteiger partial charge in [-0.3, -0.25) is 4.79 Å². The molecule has 1 N–H and O–H groups in total. The van der Waals surface area contributed by atoms with Gasteiger partial charge in [0.05, 0.1) is 0 Å². The molecular weight excluding hydrogens is 132 g/mol. The molecule has 3 heteroatoms. The predicted octanol–water partition coefficient (Wildman–Crippen LogP) is 1.15. The monoisotopic (exact) mass is 140 g/mol. The quantitative estimate of drug-likeness (QED) is 0.627. The Morgan fingerprint density at radius 2 is 2.40 bits per heavy atom. The van der Waals surface area contributed by atoms with E-state index in [1.54, 1.807) is 13.0 Å². The van der Waals surface area contributed by atoms with Gasteiger partial charge in [-0.15, -0.1) is 0 Å². The Morgan fingerprint density at radius 3 is 2.70 bits per heavy atom. The van der Waals surface area contributed by atoms with E-state index in [9.17, 15) is 4.79 Å². The second-order valence-electron chi connectivity index (χ2n) is 2.03. The fourth-order valence-corrected chi connectivity index (χ4v) is 0.656. The van der Waals surface area contributed by atoms with Crippen LogP contribution in [0, 0.1) is 0 Å². The molecule has 10 heavy (non-hydrogen) atoms. The number of furan rings is 1. The largest absolute Gasteiger partial charge is 0.456 e. The number of hydrogen-bond acceptors (Lipinski definition) is 3. The first kappa shape index (κ1) is 7.02. The molecule has 1 heterocycles. The summed E-state index contributed by atoms with van der Waals surface area (Å²) in [6.45, 7) is 1.58. The van der Waals surface area contributed by atoms with Crippen LogP contribution < -0.4 is 0 Å². The Labute approximate surface area is 58.3 Å². The number of aliphatic hydroxyl groups excluding tert-OH is 1. The lowest BCUT2D eigenvalue weighted by Crippen LogP contribution is -1.85. The molecule has 54 valence electrons. The first-order chi connectivity index (χ1) is 4.74. The van der Waals surface area contributed by atoms with Crippen LogP contribution in [0.25, 0.3) is 0 Å². The third kappa shape index (κ3) is 1.25. The first-order valence-corrected chi connectivity index (χ1v) is 2.97. The smallest absolute Gasteiger partial charge is 0.185 e. The molecule has 0 spiro atoms. The highest BCUT2D eigenvalue weighted by Crippen LogP contribution is 2.13. The van der Waals surface area contributed by atoms with Gasteiger partial charge in [0.2, 0.25) is 0 Å². The molecule has 0 saturated carbocycles. The van der Waals surface area contributed by atoms with Crippen LogP contribution >= 0.6 is 0 Å². The molecule has 0 radical (unpaired) electrons. The Kier molecular flexibility index (Phi) is 1.87. The molecule has 0 saturated heterocycles. The van der Waals surface area contributed by atoms with Crippen LogP contribution in [0.2, 0.25) is 0 Å². The lowest BCUT2D eigenvalue weighted by molar-refractivity contribution is 0.108. The van der Waals surface area contributed by atoms with Gasteiger partial charge < -0.3 is 9.52 Å². The van der Waals surface area contributed by atoms with E-state index in [0.29, 0.717) is 12.0 Å². The van der Waals surface area contributed by atoms with Crippen LogP contribution in [-0.4, -0.2) is 11.4 Å². The van der Waals surface area contributed by atoms with Gasteiger partial charge in [-0.2, -0.15) is 0 Å². The Morgan fingerprint density at radius 1 is 1.70 bits per heavy atom. The summed E-state index contributed by atoms with van der Waals surface area (Å²) in [6, 6.07) is 3.10. The lowest BCUT2D eigenvalue weighted by atomic mass is 10.3. The molecule has 1 atom stereocenters. The number of rotatable bonds is 2. The fourth-order valence-electron chi connectivity index (χ4n) is 0.656. The zero-order chi connectivity index (χ0) is 7.56. The number of aldehydes is 1. The molecule has 1 rings (SSSR count). The van der Waals surface area contributed by atoms with E-state index in [2.05, 4.69) is 0 Å². The Balaban J connectivity index is 2.88. The number of aliphatic hydroxyl groups is 1. The summed E-state index contributed by atoms with van der Waals surface area (Å²) in [5.74, 6) is 0.665. The summed E-state index contributed by atoms with van der Waals surface area (Å²) >= 11 is 0. The zero-order valence-corrected chi connectivity index (χ0v) is 5.57. The van der Waals surface area contributed by atoms with Crippen molar-refractivity contribution >= 4 is 6.29 Å². The van der Waals surface area contributed by atoms with Gasteiger partial charge in [0.1, 0.15) is 11.9 Å². The minimum absolute atomic E-state index is 0.246. The van der Waals surface area contributed by atoms with Gasteiger partial charge in [-0.05, 0) is 19.1 Å². The van der Waals surface area contributed by atoms with Gasteiger partial charge in [0.25, 0.3) is 0 Å². The van der Waals surface area contributed by atoms with Crippen LogP contribution in [0.4, 0.5) is 0 Å². The van der Waals surface area contributed by atoms with E-state index in [1.807, 2.05) is 0 Å². The van der Waals surface area contributed by atoms with E-state index >= 15 is 0 Å². The number of carbonyl (C=O) groups is 1. The topological polar surface area (TPSA) is 50.4 Å². The fraction of sp³-hybridized carbons (Fsp3) is 0.286. The minimum atomic E-state index is -0.645. The second kappa shape index (κ2) is 2.66. The maximum atomic E-state index is 10.1. The van der Waals surface area contributed by atoms with Gasteiger partial charge in [0, 0.05) is 0 Å². The Bertz CT molecular complexity index is 225. The summed E-state index contributed by atoms with van der Waals surface area (Å²) in [6.07, 6.45) is -0.0417. The van der Waals surface area contributed by atoms with Gasteiger partial charge in [0.15, 0.2) is 12.0 Å². The highest BCUT2D eigenvalue weighted by Gasteiger charge is 2.04. The van der Waals surface area contributed by atoms with E-state index in [0.717, 1.165) is 0 Å². The van der Waals surface area contributed by atoms with E-state index in [-0.39, 0.29) is 5.76 Å². The van der Waals surface area contributed by atoms with Crippen molar-refractivity contribution in [1.29, 1.82) is 0 Å². The summed E-state index contributed by atoms with van der Waals surface area (Å²) < 4.78 is 4.88. The lowest BCUT2D eigenvalue weighted by Gasteiger charge is -1.95. The zero-order valence-electron chi connectivity index (χ0n) is 5.57. The Hall–Kier alpha value is -1.09. The maximum Gasteiger partial charge on any atom is 0.185 e. The molecule has 0 aromatic carbocycles. The molecule has 0 fully saturated rings. The SMILES string of the molecule is CC(O)c1ccc(C=O)o1. The van der Waals surface area contributed by atoms with Crippen LogP contribution in [0.1, 0.15) is 29.3 Å². The third-order valence-electron chi connectivity index (χ3n) is 1.18. The van der Waals surface area contributed by atoms with Crippen molar-refractivity contribution in [3.63, 3.8) is 0 Å². The van der Waals surface area contributed by atoms with Crippen molar-refractivity contribution in [3.8, 4) is 0 Å². The number of hydrogen-bond donors (Lipinski definition) is 1. The molecule has 3 nitrogen and oxygen atoms in total. The summed E-state index contributed by atoms with van der Waals surface area (Å²) in [5.41, 5.74) is 0. The molecule has 0 amide bonds. The summed E-state index contributed by atoms with van der Waals surface area (Å²) in [4.78, 5) is 10.1. The van der Waals surface area contributed by atoms with Crippen LogP contribution in [0.3, 0.4) is 0 Å². The van der Waals surface area contributed by atoms with Crippen molar-refractivity contribution in [1.82, 2.24) is 0 Å². The van der Waals surface area contributed by atoms with E-state index in [4.69, 9.17) is 9.52 Å². The molecule has 0 aliphatic rings. The van der Waals surface area contributed by atoms with Crippen molar-refractivity contribution in [2.45, 2.75) is 13.0 Å². The minimum Gasteiger partial charge on any atom is -0.456 e. The van der Waals surface area contributed by atoms with Crippen molar-refractivity contribution < 1.29 is 14.3 Å². The van der Waals surface area contributed by atoms with Crippen LogP contribution in [0.15, 0.2) is 16.5 Å². The van der Waals surface area contributed by atoms with Crippen LogP contribution in [0.5, 0.6) is 0 Å². The molecule has 0 aliphatic carbocycles. The summed E-state index contributed by atoms with van der Waals surface area (Å²) in [5, 5.41) is 8.92. The van der Waals surface area contributed by atoms with Crippen molar-refractivity contribution in [2.75, 3.05) is 0 Å². The average Bonchev–Trinajstić information content (AvgIpc) is 2.34. The van der Waals surface area contributed by atoms with Crippen molar-refractivity contribution in [3.05, 3.63) is 23.7 Å². The highest BCUT2D eigenvalue weighted by atomic mass is 16.4. The molecule has 1 unspecified atom stereocenters.